The Kier molecular flexibility index (Phi) is 5.45. The number of nitrogens with one attached hydrogen (secondary N) is 2. The Bertz CT molecular complexity index is 1270. The van der Waals surface area contributed by atoms with Gasteiger partial charge in [0.2, 0.25) is 10.0 Å². The van der Waals surface area contributed by atoms with E-state index in [-0.39, 0.29) is 12.5 Å². The first-order chi connectivity index (χ1) is 14.4. The number of rotatable bonds is 6. The van der Waals surface area contributed by atoms with Gasteiger partial charge in [0.25, 0.3) is 0 Å². The van der Waals surface area contributed by atoms with Crippen molar-refractivity contribution < 1.29 is 8.42 Å². The average molecular weight is 420 g/mol. The fourth-order valence-electron chi connectivity index (χ4n) is 4.23. The largest absolute Gasteiger partial charge is 0.361 e. The standard InChI is InChI=1S/C24H25N3O2S/c1-16-11-17(2)24(18(3)12-16)30(28,29)27-15-21(19-7-6-10-25-13-19)22-14-26-23-9-5-4-8-20(22)23/h4-14,21,26-27H,15H2,1-3H3. The zero-order chi connectivity index (χ0) is 21.3. The lowest BCUT2D eigenvalue weighted by Crippen LogP contribution is -2.30. The van der Waals surface area contributed by atoms with Gasteiger partial charge < -0.3 is 4.98 Å². The summed E-state index contributed by atoms with van der Waals surface area (Å²) in [6.45, 7) is 5.89. The van der Waals surface area contributed by atoms with Crippen LogP contribution in [0.25, 0.3) is 10.9 Å². The number of benzene rings is 2. The van der Waals surface area contributed by atoms with Gasteiger partial charge in [-0.25, -0.2) is 13.1 Å². The lowest BCUT2D eigenvalue weighted by molar-refractivity contribution is 0.576. The second-order valence-electron chi connectivity index (χ2n) is 7.71. The molecule has 1 atom stereocenters. The van der Waals surface area contributed by atoms with Crippen molar-refractivity contribution in [3.63, 3.8) is 0 Å². The summed E-state index contributed by atoms with van der Waals surface area (Å²) in [4.78, 5) is 7.90. The fraction of sp³-hybridized carbons (Fsp3) is 0.208. The lowest BCUT2D eigenvalue weighted by Gasteiger charge is -2.19. The maximum Gasteiger partial charge on any atom is 0.241 e. The molecule has 4 rings (SSSR count). The number of para-hydroxylation sites is 1. The van der Waals surface area contributed by atoms with Crippen molar-refractivity contribution in [1.29, 1.82) is 0 Å². The third-order valence-corrected chi connectivity index (χ3v) is 7.16. The van der Waals surface area contributed by atoms with Crippen LogP contribution >= 0.6 is 0 Å². The predicted octanol–water partition coefficient (Wildman–Crippen LogP) is 4.60. The first-order valence-electron chi connectivity index (χ1n) is 9.90. The van der Waals surface area contributed by atoms with Crippen LogP contribution in [0.1, 0.15) is 33.7 Å². The molecule has 30 heavy (non-hydrogen) atoms. The molecule has 0 aliphatic carbocycles. The molecule has 0 bridgehead atoms. The molecule has 154 valence electrons. The Labute approximate surface area is 177 Å². The number of sulfonamides is 1. The minimum absolute atomic E-state index is 0.171. The molecule has 4 aromatic rings. The number of hydrogen-bond donors (Lipinski definition) is 2. The van der Waals surface area contributed by atoms with Crippen molar-refractivity contribution in [2.45, 2.75) is 31.6 Å². The molecule has 1 unspecified atom stereocenters. The summed E-state index contributed by atoms with van der Waals surface area (Å²) in [6.07, 6.45) is 5.47. The number of aromatic amines is 1. The summed E-state index contributed by atoms with van der Waals surface area (Å²) < 4.78 is 29.3. The zero-order valence-electron chi connectivity index (χ0n) is 17.3. The van der Waals surface area contributed by atoms with Crippen molar-refractivity contribution in [2.24, 2.45) is 0 Å². The number of aromatic nitrogens is 2. The molecule has 2 aromatic heterocycles. The van der Waals surface area contributed by atoms with Gasteiger partial charge in [0.05, 0.1) is 4.90 Å². The molecule has 2 heterocycles. The molecule has 0 fully saturated rings. The number of aryl methyl sites for hydroxylation is 3. The summed E-state index contributed by atoms with van der Waals surface area (Å²) in [5, 5.41) is 1.08. The molecule has 0 saturated heterocycles. The van der Waals surface area contributed by atoms with Crippen LogP contribution in [0.4, 0.5) is 0 Å². The van der Waals surface area contributed by atoms with Gasteiger partial charge in [-0.15, -0.1) is 0 Å². The monoisotopic (exact) mass is 419 g/mol. The van der Waals surface area contributed by atoms with E-state index in [4.69, 9.17) is 0 Å². The molecule has 5 nitrogen and oxygen atoms in total. The van der Waals surface area contributed by atoms with Crippen molar-refractivity contribution >= 4 is 20.9 Å². The van der Waals surface area contributed by atoms with Gasteiger partial charge in [0.1, 0.15) is 0 Å². The van der Waals surface area contributed by atoms with E-state index in [1.807, 2.05) is 75.5 Å². The molecule has 0 spiro atoms. The van der Waals surface area contributed by atoms with Gasteiger partial charge in [-0.2, -0.15) is 0 Å². The second kappa shape index (κ2) is 8.05. The maximum absolute atomic E-state index is 13.2. The Morgan fingerprint density at radius 3 is 2.47 bits per heavy atom. The van der Waals surface area contributed by atoms with E-state index in [2.05, 4.69) is 14.7 Å². The molecule has 0 radical (unpaired) electrons. The zero-order valence-corrected chi connectivity index (χ0v) is 18.1. The van der Waals surface area contributed by atoms with Gasteiger partial charge in [-0.3, -0.25) is 4.98 Å². The number of pyridine rings is 1. The van der Waals surface area contributed by atoms with Crippen LogP contribution in [0.5, 0.6) is 0 Å². The lowest BCUT2D eigenvalue weighted by atomic mass is 9.92. The van der Waals surface area contributed by atoms with Crippen molar-refractivity contribution in [3.05, 3.63) is 94.9 Å². The minimum Gasteiger partial charge on any atom is -0.361 e. The molecule has 0 saturated carbocycles. The molecule has 0 aliphatic heterocycles. The molecular formula is C24H25N3O2S. The van der Waals surface area contributed by atoms with E-state index in [9.17, 15) is 8.42 Å². The van der Waals surface area contributed by atoms with Crippen LogP contribution in [0, 0.1) is 20.8 Å². The minimum atomic E-state index is -3.67. The molecule has 0 aliphatic rings. The molecule has 6 heteroatoms. The van der Waals surface area contributed by atoms with Gasteiger partial charge >= 0.3 is 0 Å². The quantitative estimate of drug-likeness (QED) is 0.480. The van der Waals surface area contributed by atoms with E-state index < -0.39 is 10.0 Å². The van der Waals surface area contributed by atoms with E-state index in [0.29, 0.717) is 4.90 Å². The number of nitrogens with zero attached hydrogens (tertiary/aromatic N) is 1. The van der Waals surface area contributed by atoms with Gasteiger partial charge in [0, 0.05) is 42.0 Å². The third kappa shape index (κ3) is 3.88. The molecular weight excluding hydrogens is 394 g/mol. The summed E-state index contributed by atoms with van der Waals surface area (Å²) in [7, 11) is -3.67. The Hall–Kier alpha value is -2.96. The molecule has 2 aromatic carbocycles. The SMILES string of the molecule is Cc1cc(C)c(S(=O)(=O)NCC(c2cccnc2)c2c[nH]c3ccccc23)c(C)c1. The normalized spacial score (nSPS) is 12.9. The van der Waals surface area contributed by atoms with E-state index >= 15 is 0 Å². The Morgan fingerprint density at radius 2 is 1.77 bits per heavy atom. The van der Waals surface area contributed by atoms with Crippen molar-refractivity contribution in [1.82, 2.24) is 14.7 Å². The number of H-pyrrole nitrogens is 1. The Morgan fingerprint density at radius 1 is 1.03 bits per heavy atom. The van der Waals surface area contributed by atoms with Gasteiger partial charge in [-0.05, 0) is 55.2 Å². The van der Waals surface area contributed by atoms with Crippen LogP contribution in [0.2, 0.25) is 0 Å². The molecule has 2 N–H and O–H groups in total. The third-order valence-electron chi connectivity index (χ3n) is 5.43. The summed E-state index contributed by atoms with van der Waals surface area (Å²) in [6, 6.07) is 15.7. The first-order valence-corrected chi connectivity index (χ1v) is 11.4. The molecule has 0 amide bonds. The van der Waals surface area contributed by atoms with Crippen LogP contribution in [0.3, 0.4) is 0 Å². The van der Waals surface area contributed by atoms with Crippen LogP contribution in [-0.4, -0.2) is 24.9 Å². The summed E-state index contributed by atoms with van der Waals surface area (Å²) >= 11 is 0. The van der Waals surface area contributed by atoms with Crippen molar-refractivity contribution in [3.8, 4) is 0 Å². The van der Waals surface area contributed by atoms with Gasteiger partial charge in [-0.1, -0.05) is 42.0 Å². The second-order valence-corrected chi connectivity index (χ2v) is 9.41. The van der Waals surface area contributed by atoms with Crippen LogP contribution in [-0.2, 0) is 10.0 Å². The fourth-order valence-corrected chi connectivity index (χ4v) is 5.72. The number of fused-ring (bicyclic) bond motifs is 1. The summed E-state index contributed by atoms with van der Waals surface area (Å²) in [5.41, 5.74) is 5.58. The Balaban J connectivity index is 1.72. The van der Waals surface area contributed by atoms with Crippen LogP contribution in [0.15, 0.2) is 72.0 Å². The van der Waals surface area contributed by atoms with E-state index in [1.165, 1.54) is 0 Å². The highest BCUT2D eigenvalue weighted by Crippen LogP contribution is 2.31. The predicted molar refractivity (Wildman–Crippen MR) is 120 cm³/mol. The maximum atomic E-state index is 13.2. The van der Waals surface area contributed by atoms with Crippen LogP contribution < -0.4 is 4.72 Å². The average Bonchev–Trinajstić information content (AvgIpc) is 3.12. The topological polar surface area (TPSA) is 74.8 Å². The highest BCUT2D eigenvalue weighted by atomic mass is 32.2. The highest BCUT2D eigenvalue weighted by Gasteiger charge is 2.24. The number of hydrogen-bond acceptors (Lipinski definition) is 3. The highest BCUT2D eigenvalue weighted by molar-refractivity contribution is 7.89. The van der Waals surface area contributed by atoms with E-state index in [1.54, 1.807) is 12.4 Å². The van der Waals surface area contributed by atoms with Crippen molar-refractivity contribution in [2.75, 3.05) is 6.54 Å². The first kappa shape index (κ1) is 20.3. The summed E-state index contributed by atoms with van der Waals surface area (Å²) in [5.74, 6) is -0.171. The van der Waals surface area contributed by atoms with Gasteiger partial charge in [0.15, 0.2) is 0 Å². The van der Waals surface area contributed by atoms with E-state index in [0.717, 1.165) is 38.7 Å². The smallest absolute Gasteiger partial charge is 0.241 e.